The number of benzene rings is 2. The summed E-state index contributed by atoms with van der Waals surface area (Å²) >= 11 is 0. The van der Waals surface area contributed by atoms with Gasteiger partial charge in [-0.1, -0.05) is 48.5 Å². The molecule has 1 heterocycles. The van der Waals surface area contributed by atoms with Crippen LogP contribution in [0.2, 0.25) is 0 Å². The van der Waals surface area contributed by atoms with E-state index in [9.17, 15) is 9.59 Å². The van der Waals surface area contributed by atoms with Gasteiger partial charge in [-0.05, 0) is 30.2 Å². The number of para-hydroxylation sites is 1. The Hall–Kier alpha value is -3.34. The lowest BCUT2D eigenvalue weighted by atomic mass is 10.2. The molecule has 0 aliphatic rings. The van der Waals surface area contributed by atoms with Crippen LogP contribution in [0.3, 0.4) is 0 Å². The van der Waals surface area contributed by atoms with Gasteiger partial charge in [-0.3, -0.25) is 9.59 Å². The molecule has 5 heteroatoms. The fraction of sp³-hybridized carbons (Fsp3) is 0.217. The minimum atomic E-state index is -0.163. The zero-order valence-corrected chi connectivity index (χ0v) is 16.0. The van der Waals surface area contributed by atoms with E-state index >= 15 is 0 Å². The normalized spacial score (nSPS) is 10.5. The molecule has 2 aromatic carbocycles. The Morgan fingerprint density at radius 2 is 1.64 bits per heavy atom. The number of nitrogens with one attached hydrogen (secondary N) is 1. The third-order valence-electron chi connectivity index (χ3n) is 4.59. The molecule has 0 atom stereocenters. The maximum atomic E-state index is 12.4. The number of hydrogen-bond donors (Lipinski definition) is 1. The minimum absolute atomic E-state index is 0.120. The second kappa shape index (κ2) is 9.55. The summed E-state index contributed by atoms with van der Waals surface area (Å²) in [6.45, 7) is 1.87. The quantitative estimate of drug-likeness (QED) is 0.616. The second-order valence-corrected chi connectivity index (χ2v) is 6.74. The molecule has 5 nitrogen and oxygen atoms in total. The summed E-state index contributed by atoms with van der Waals surface area (Å²) in [6.07, 6.45) is 2.46. The second-order valence-electron chi connectivity index (χ2n) is 6.74. The Kier molecular flexibility index (Phi) is 6.63. The number of amides is 1. The summed E-state index contributed by atoms with van der Waals surface area (Å²) in [5.74, 6) is -0.163. The van der Waals surface area contributed by atoms with Crippen molar-refractivity contribution in [2.45, 2.75) is 13.0 Å². The molecular formula is C23H25N3O2. The third-order valence-corrected chi connectivity index (χ3v) is 4.59. The van der Waals surface area contributed by atoms with Gasteiger partial charge in [0.1, 0.15) is 0 Å². The van der Waals surface area contributed by atoms with Crippen LogP contribution in [-0.2, 0) is 6.54 Å². The van der Waals surface area contributed by atoms with Crippen LogP contribution in [0.4, 0.5) is 5.69 Å². The van der Waals surface area contributed by atoms with Crippen molar-refractivity contribution in [3.63, 3.8) is 0 Å². The van der Waals surface area contributed by atoms with Crippen LogP contribution in [0.25, 0.3) is 0 Å². The topological polar surface area (TPSA) is 54.3 Å². The van der Waals surface area contributed by atoms with E-state index < -0.39 is 0 Å². The highest BCUT2D eigenvalue weighted by atomic mass is 16.2. The molecule has 1 amide bonds. The van der Waals surface area contributed by atoms with Crippen molar-refractivity contribution in [3.8, 4) is 0 Å². The molecule has 0 saturated carbocycles. The Labute approximate surface area is 165 Å². The zero-order valence-electron chi connectivity index (χ0n) is 16.0. The maximum Gasteiger partial charge on any atom is 0.252 e. The predicted molar refractivity (Wildman–Crippen MR) is 113 cm³/mol. The molecule has 0 bridgehead atoms. The Balaban J connectivity index is 1.53. The number of carbonyl (C=O) groups excluding carboxylic acids is 1. The third kappa shape index (κ3) is 5.33. The van der Waals surface area contributed by atoms with Crippen LogP contribution in [-0.4, -0.2) is 30.6 Å². The number of pyridine rings is 1. The number of nitrogens with zero attached hydrogens (tertiary/aromatic N) is 2. The lowest BCUT2D eigenvalue weighted by molar-refractivity contribution is 0.0952. The van der Waals surface area contributed by atoms with E-state index in [1.54, 1.807) is 16.8 Å². The number of carbonyl (C=O) groups is 1. The van der Waals surface area contributed by atoms with Crippen molar-refractivity contribution < 1.29 is 4.79 Å². The van der Waals surface area contributed by atoms with Crippen molar-refractivity contribution in [2.75, 3.05) is 25.0 Å². The number of rotatable bonds is 8. The van der Waals surface area contributed by atoms with Crippen molar-refractivity contribution in [1.82, 2.24) is 9.88 Å². The fourth-order valence-electron chi connectivity index (χ4n) is 3.00. The highest BCUT2D eigenvalue weighted by molar-refractivity contribution is 5.93. The van der Waals surface area contributed by atoms with E-state index in [2.05, 4.69) is 22.3 Å². The van der Waals surface area contributed by atoms with Crippen LogP contribution < -0.4 is 15.8 Å². The van der Waals surface area contributed by atoms with Gasteiger partial charge in [-0.25, -0.2) is 0 Å². The van der Waals surface area contributed by atoms with Crippen LogP contribution in [0.5, 0.6) is 0 Å². The van der Waals surface area contributed by atoms with Gasteiger partial charge in [0, 0.05) is 38.1 Å². The maximum absolute atomic E-state index is 12.4. The molecule has 0 saturated heterocycles. The Morgan fingerprint density at radius 1 is 0.964 bits per heavy atom. The van der Waals surface area contributed by atoms with E-state index in [0.29, 0.717) is 18.7 Å². The van der Waals surface area contributed by atoms with E-state index in [-0.39, 0.29) is 11.5 Å². The summed E-state index contributed by atoms with van der Waals surface area (Å²) in [6, 6.07) is 22.9. The van der Waals surface area contributed by atoms with E-state index in [0.717, 1.165) is 24.2 Å². The molecule has 144 valence electrons. The summed E-state index contributed by atoms with van der Waals surface area (Å²) in [5.41, 5.74) is 2.55. The molecule has 3 aromatic rings. The smallest absolute Gasteiger partial charge is 0.252 e. The van der Waals surface area contributed by atoms with Gasteiger partial charge in [0.25, 0.3) is 11.5 Å². The summed E-state index contributed by atoms with van der Waals surface area (Å²) in [7, 11) is 2.04. The minimum Gasteiger partial charge on any atom is -0.375 e. The first kappa shape index (κ1) is 19.4. The van der Waals surface area contributed by atoms with Crippen LogP contribution in [0, 0.1) is 0 Å². The molecular weight excluding hydrogens is 350 g/mol. The van der Waals surface area contributed by atoms with E-state index in [4.69, 9.17) is 0 Å². The largest absolute Gasteiger partial charge is 0.375 e. The van der Waals surface area contributed by atoms with Gasteiger partial charge in [0.2, 0.25) is 0 Å². The monoisotopic (exact) mass is 375 g/mol. The highest BCUT2D eigenvalue weighted by Crippen LogP contribution is 2.10. The van der Waals surface area contributed by atoms with Crippen molar-refractivity contribution in [3.05, 3.63) is 100 Å². The first-order valence-electron chi connectivity index (χ1n) is 9.42. The van der Waals surface area contributed by atoms with Gasteiger partial charge in [-0.15, -0.1) is 0 Å². The molecule has 0 unspecified atom stereocenters. The molecule has 0 fully saturated rings. The average Bonchev–Trinajstić information content (AvgIpc) is 2.74. The van der Waals surface area contributed by atoms with Gasteiger partial charge in [0.05, 0.1) is 12.1 Å². The molecule has 0 spiro atoms. The van der Waals surface area contributed by atoms with Gasteiger partial charge >= 0.3 is 0 Å². The van der Waals surface area contributed by atoms with Crippen LogP contribution >= 0.6 is 0 Å². The highest BCUT2D eigenvalue weighted by Gasteiger charge is 2.08. The molecule has 0 aliphatic heterocycles. The Bertz CT molecular complexity index is 952. The summed E-state index contributed by atoms with van der Waals surface area (Å²) in [4.78, 5) is 26.7. The number of aromatic nitrogens is 1. The van der Waals surface area contributed by atoms with Gasteiger partial charge in [0.15, 0.2) is 0 Å². The lowest BCUT2D eigenvalue weighted by Gasteiger charge is -2.19. The molecule has 0 aliphatic carbocycles. The summed E-state index contributed by atoms with van der Waals surface area (Å²) < 4.78 is 1.56. The van der Waals surface area contributed by atoms with Crippen molar-refractivity contribution in [2.24, 2.45) is 0 Å². The average molecular weight is 375 g/mol. The number of anilines is 1. The lowest BCUT2D eigenvalue weighted by Crippen LogP contribution is -2.29. The van der Waals surface area contributed by atoms with Crippen LogP contribution in [0.15, 0.2) is 83.8 Å². The van der Waals surface area contributed by atoms with Gasteiger partial charge < -0.3 is 14.8 Å². The first-order valence-corrected chi connectivity index (χ1v) is 9.42. The van der Waals surface area contributed by atoms with E-state index in [1.165, 1.54) is 6.07 Å². The van der Waals surface area contributed by atoms with Gasteiger partial charge in [-0.2, -0.15) is 0 Å². The molecule has 3 rings (SSSR count). The van der Waals surface area contributed by atoms with E-state index in [1.807, 2.05) is 55.6 Å². The fourth-order valence-corrected chi connectivity index (χ4v) is 3.00. The standard InChI is InChI=1S/C23H25N3O2/c1-25(21-11-6-3-7-12-21)16-8-15-24-23(28)20-13-14-22(27)26(18-20)17-19-9-4-2-5-10-19/h2-7,9-14,18H,8,15-17H2,1H3,(H,24,28). The summed E-state index contributed by atoms with van der Waals surface area (Å²) in [5, 5.41) is 2.94. The molecule has 0 radical (unpaired) electrons. The van der Waals surface area contributed by atoms with Crippen LogP contribution in [0.1, 0.15) is 22.3 Å². The first-order chi connectivity index (χ1) is 13.6. The SMILES string of the molecule is CN(CCCNC(=O)c1ccc(=O)n(Cc2ccccc2)c1)c1ccccc1. The number of hydrogen-bond acceptors (Lipinski definition) is 3. The van der Waals surface area contributed by atoms with Crippen molar-refractivity contribution in [1.29, 1.82) is 0 Å². The molecule has 1 N–H and O–H groups in total. The molecule has 1 aromatic heterocycles. The predicted octanol–water partition coefficient (Wildman–Crippen LogP) is 3.15. The van der Waals surface area contributed by atoms with Crippen molar-refractivity contribution >= 4 is 11.6 Å². The Morgan fingerprint density at radius 3 is 2.36 bits per heavy atom. The molecule has 28 heavy (non-hydrogen) atoms. The zero-order chi connectivity index (χ0) is 19.8.